The van der Waals surface area contributed by atoms with Gasteiger partial charge in [-0.25, -0.2) is 8.78 Å². The van der Waals surface area contributed by atoms with Crippen LogP contribution in [0, 0.1) is 11.6 Å². The van der Waals surface area contributed by atoms with Gasteiger partial charge in [-0.15, -0.1) is 0 Å². The van der Waals surface area contributed by atoms with Crippen molar-refractivity contribution in [3.05, 3.63) is 69.7 Å². The molecule has 0 amide bonds. The van der Waals surface area contributed by atoms with E-state index in [1.165, 1.54) is 6.07 Å². The number of hydrogen-bond acceptors (Lipinski definition) is 1. The first-order valence-corrected chi connectivity index (χ1v) is 7.50. The average molecular weight is 368 g/mol. The average Bonchev–Trinajstić information content (AvgIpc) is 2.52. The van der Waals surface area contributed by atoms with Crippen LogP contribution in [0.15, 0.2) is 51.9 Å². The fourth-order valence-electron chi connectivity index (χ4n) is 1.87. The third-order valence-corrected chi connectivity index (χ3v) is 3.58. The maximum atomic E-state index is 13.5. The zero-order chi connectivity index (χ0) is 15.9. The molecule has 0 aliphatic carbocycles. The fraction of sp³-hybridized carbons (Fsp3) is 0.188. The molecule has 3 nitrogen and oxygen atoms in total. The SMILES string of the molecule is CN=C(NCc1ccc(Br)cc1)NCc1cc(F)ccc1F. The zero-order valence-corrected chi connectivity index (χ0v) is 13.6. The molecule has 0 bridgehead atoms. The third-order valence-electron chi connectivity index (χ3n) is 3.05. The van der Waals surface area contributed by atoms with Gasteiger partial charge in [-0.3, -0.25) is 4.99 Å². The van der Waals surface area contributed by atoms with Gasteiger partial charge in [-0.05, 0) is 35.9 Å². The Labute approximate surface area is 136 Å². The van der Waals surface area contributed by atoms with E-state index in [0.29, 0.717) is 12.5 Å². The first kappa shape index (κ1) is 16.4. The lowest BCUT2D eigenvalue weighted by molar-refractivity contribution is 0.581. The molecular weight excluding hydrogens is 352 g/mol. The summed E-state index contributed by atoms with van der Waals surface area (Å²) in [6.07, 6.45) is 0. The predicted octanol–water partition coefficient (Wildman–Crippen LogP) is 3.59. The minimum atomic E-state index is -0.462. The highest BCUT2D eigenvalue weighted by Gasteiger charge is 2.05. The molecule has 2 N–H and O–H groups in total. The maximum absolute atomic E-state index is 13.5. The Hall–Kier alpha value is -1.95. The number of aliphatic imine (C=N–C) groups is 1. The molecule has 0 saturated carbocycles. The maximum Gasteiger partial charge on any atom is 0.191 e. The van der Waals surface area contributed by atoms with Crippen molar-refractivity contribution >= 4 is 21.9 Å². The molecular formula is C16H16BrF2N3. The van der Waals surface area contributed by atoms with E-state index in [9.17, 15) is 8.78 Å². The van der Waals surface area contributed by atoms with E-state index in [0.717, 1.165) is 22.2 Å². The van der Waals surface area contributed by atoms with Gasteiger partial charge in [-0.2, -0.15) is 0 Å². The molecule has 0 aliphatic rings. The lowest BCUT2D eigenvalue weighted by atomic mass is 10.2. The van der Waals surface area contributed by atoms with Gasteiger partial charge in [0.25, 0.3) is 0 Å². The molecule has 2 aromatic carbocycles. The van der Waals surface area contributed by atoms with E-state index < -0.39 is 11.6 Å². The van der Waals surface area contributed by atoms with Crippen molar-refractivity contribution in [3.8, 4) is 0 Å². The Bertz CT molecular complexity index is 657. The van der Waals surface area contributed by atoms with Gasteiger partial charge in [0.15, 0.2) is 5.96 Å². The van der Waals surface area contributed by atoms with E-state index in [1.807, 2.05) is 24.3 Å². The summed E-state index contributed by atoms with van der Waals surface area (Å²) in [6, 6.07) is 11.3. The minimum absolute atomic E-state index is 0.156. The number of nitrogens with one attached hydrogen (secondary N) is 2. The fourth-order valence-corrected chi connectivity index (χ4v) is 2.13. The minimum Gasteiger partial charge on any atom is -0.352 e. The summed E-state index contributed by atoms with van der Waals surface area (Å²) in [4.78, 5) is 4.06. The lowest BCUT2D eigenvalue weighted by Crippen LogP contribution is -2.36. The Morgan fingerprint density at radius 2 is 1.73 bits per heavy atom. The first-order valence-electron chi connectivity index (χ1n) is 6.71. The van der Waals surface area contributed by atoms with E-state index in [1.54, 1.807) is 7.05 Å². The van der Waals surface area contributed by atoms with E-state index in [4.69, 9.17) is 0 Å². The van der Waals surface area contributed by atoms with Crippen LogP contribution >= 0.6 is 15.9 Å². The van der Waals surface area contributed by atoms with Crippen molar-refractivity contribution in [1.82, 2.24) is 10.6 Å². The molecule has 0 atom stereocenters. The second-order valence-corrected chi connectivity index (χ2v) is 5.56. The summed E-state index contributed by atoms with van der Waals surface area (Å²) in [5, 5.41) is 6.08. The van der Waals surface area contributed by atoms with Gasteiger partial charge in [0, 0.05) is 30.2 Å². The molecule has 2 aromatic rings. The normalized spacial score (nSPS) is 11.4. The van der Waals surface area contributed by atoms with Crippen LogP contribution < -0.4 is 10.6 Å². The van der Waals surface area contributed by atoms with E-state index >= 15 is 0 Å². The standard InChI is InChI=1S/C16H16BrF2N3/c1-20-16(21-9-11-2-4-13(17)5-3-11)22-10-12-8-14(18)6-7-15(12)19/h2-8H,9-10H2,1H3,(H2,20,21,22). The summed E-state index contributed by atoms with van der Waals surface area (Å²) < 4.78 is 27.7. The van der Waals surface area contributed by atoms with Crippen molar-refractivity contribution in [3.63, 3.8) is 0 Å². The molecule has 0 unspecified atom stereocenters. The largest absolute Gasteiger partial charge is 0.352 e. The molecule has 116 valence electrons. The number of benzene rings is 2. The van der Waals surface area contributed by atoms with Crippen LogP contribution in [0.5, 0.6) is 0 Å². The topological polar surface area (TPSA) is 36.4 Å². The Kier molecular flexibility index (Phi) is 5.89. The molecule has 22 heavy (non-hydrogen) atoms. The Morgan fingerprint density at radius 3 is 2.41 bits per heavy atom. The quantitative estimate of drug-likeness (QED) is 0.639. The number of halogens is 3. The molecule has 0 fully saturated rings. The zero-order valence-electron chi connectivity index (χ0n) is 12.0. The summed E-state index contributed by atoms with van der Waals surface area (Å²) in [5.41, 5.74) is 1.34. The monoisotopic (exact) mass is 367 g/mol. The summed E-state index contributed by atoms with van der Waals surface area (Å²) >= 11 is 3.38. The highest BCUT2D eigenvalue weighted by atomic mass is 79.9. The molecule has 0 saturated heterocycles. The van der Waals surface area contributed by atoms with Gasteiger partial charge in [0.05, 0.1) is 0 Å². The van der Waals surface area contributed by atoms with Crippen molar-refractivity contribution in [2.75, 3.05) is 7.05 Å². The van der Waals surface area contributed by atoms with Gasteiger partial charge >= 0.3 is 0 Å². The van der Waals surface area contributed by atoms with Crippen molar-refractivity contribution in [2.24, 2.45) is 4.99 Å². The molecule has 2 rings (SSSR count). The summed E-state index contributed by atoms with van der Waals surface area (Å²) in [7, 11) is 1.62. The number of rotatable bonds is 4. The van der Waals surface area contributed by atoms with Crippen molar-refractivity contribution < 1.29 is 8.78 Å². The molecule has 0 radical (unpaired) electrons. The molecule has 0 heterocycles. The van der Waals surface area contributed by atoms with E-state index in [-0.39, 0.29) is 12.1 Å². The van der Waals surface area contributed by atoms with Crippen molar-refractivity contribution in [2.45, 2.75) is 13.1 Å². The molecule has 0 spiro atoms. The second-order valence-electron chi connectivity index (χ2n) is 4.64. The van der Waals surface area contributed by atoms with Crippen LogP contribution in [0.25, 0.3) is 0 Å². The highest BCUT2D eigenvalue weighted by molar-refractivity contribution is 9.10. The van der Waals surface area contributed by atoms with Gasteiger partial charge in [0.1, 0.15) is 11.6 Å². The van der Waals surface area contributed by atoms with Crippen LogP contribution in [0.2, 0.25) is 0 Å². The van der Waals surface area contributed by atoms with Crippen LogP contribution in [-0.4, -0.2) is 13.0 Å². The Balaban J connectivity index is 1.90. The lowest BCUT2D eigenvalue weighted by Gasteiger charge is -2.12. The van der Waals surface area contributed by atoms with Crippen LogP contribution in [0.4, 0.5) is 8.78 Å². The third kappa shape index (κ3) is 4.80. The summed E-state index contributed by atoms with van der Waals surface area (Å²) in [6.45, 7) is 0.738. The van der Waals surface area contributed by atoms with Gasteiger partial charge in [0.2, 0.25) is 0 Å². The van der Waals surface area contributed by atoms with Crippen LogP contribution in [0.1, 0.15) is 11.1 Å². The second kappa shape index (κ2) is 7.89. The molecule has 0 aromatic heterocycles. The smallest absolute Gasteiger partial charge is 0.191 e. The number of hydrogen-bond donors (Lipinski definition) is 2. The summed E-state index contributed by atoms with van der Waals surface area (Å²) in [5.74, 6) is -0.389. The molecule has 6 heteroatoms. The molecule has 0 aliphatic heterocycles. The Morgan fingerprint density at radius 1 is 1.05 bits per heavy atom. The van der Waals surface area contributed by atoms with Crippen molar-refractivity contribution in [1.29, 1.82) is 0 Å². The first-order chi connectivity index (χ1) is 10.6. The number of nitrogens with zero attached hydrogens (tertiary/aromatic N) is 1. The van der Waals surface area contributed by atoms with Crippen LogP contribution in [0.3, 0.4) is 0 Å². The van der Waals surface area contributed by atoms with Gasteiger partial charge in [-0.1, -0.05) is 28.1 Å². The number of guanidine groups is 1. The van der Waals surface area contributed by atoms with E-state index in [2.05, 4.69) is 31.6 Å². The predicted molar refractivity (Wildman–Crippen MR) is 87.5 cm³/mol. The van der Waals surface area contributed by atoms with Gasteiger partial charge < -0.3 is 10.6 Å². The van der Waals surface area contributed by atoms with Crippen LogP contribution in [-0.2, 0) is 13.1 Å². The highest BCUT2D eigenvalue weighted by Crippen LogP contribution is 2.10.